The first-order valence-corrected chi connectivity index (χ1v) is 3.31. The molecular weight excluding hydrogens is 162 g/mol. The summed E-state index contributed by atoms with van der Waals surface area (Å²) in [4.78, 5) is 23.8. The van der Waals surface area contributed by atoms with Crippen LogP contribution in [0.2, 0.25) is 0 Å². The quantitative estimate of drug-likeness (QED) is 0.629. The number of hydrogen-bond acceptors (Lipinski definition) is 3. The molecule has 0 radical (unpaired) electrons. The molecule has 0 unspecified atom stereocenters. The van der Waals surface area contributed by atoms with Crippen LogP contribution >= 0.6 is 0 Å². The lowest BCUT2D eigenvalue weighted by atomic mass is 10.3. The van der Waals surface area contributed by atoms with E-state index in [0.29, 0.717) is 5.75 Å². The summed E-state index contributed by atoms with van der Waals surface area (Å²) in [7, 11) is 0. The lowest BCUT2D eigenvalue weighted by molar-refractivity contribution is 0.0691. The van der Waals surface area contributed by atoms with E-state index < -0.39 is 5.97 Å². The topological polar surface area (TPSA) is 79.4 Å². The van der Waals surface area contributed by atoms with Crippen LogP contribution in [0.3, 0.4) is 0 Å². The molecule has 2 N–H and O–H groups in total. The summed E-state index contributed by atoms with van der Waals surface area (Å²) in [5.74, 6) is -0.976. The Kier molecular flexibility index (Phi) is 1.21. The van der Waals surface area contributed by atoms with Crippen molar-refractivity contribution in [3.05, 3.63) is 17.5 Å². The van der Waals surface area contributed by atoms with Crippen molar-refractivity contribution < 1.29 is 19.4 Å². The van der Waals surface area contributed by atoms with Crippen LogP contribution in [-0.4, -0.2) is 28.4 Å². The molecule has 0 fully saturated rings. The number of nitrogens with one attached hydrogen (secondary N) is 1. The van der Waals surface area contributed by atoms with E-state index in [1.807, 2.05) is 0 Å². The Labute approximate surface area is 67.0 Å². The molecule has 2 rings (SSSR count). The molecule has 5 heteroatoms. The van der Waals surface area contributed by atoms with Crippen LogP contribution in [-0.2, 0) is 0 Å². The number of rotatable bonds is 1. The molecule has 0 amide bonds. The van der Waals surface area contributed by atoms with Crippen molar-refractivity contribution in [1.82, 2.24) is 4.98 Å². The first-order valence-electron chi connectivity index (χ1n) is 3.31. The van der Waals surface area contributed by atoms with E-state index in [2.05, 4.69) is 4.98 Å². The molecule has 0 spiro atoms. The summed E-state index contributed by atoms with van der Waals surface area (Å²) in [5.41, 5.74) is 0.237. The number of carboxylic acids is 1. The zero-order valence-electron chi connectivity index (χ0n) is 5.96. The predicted molar refractivity (Wildman–Crippen MR) is 37.6 cm³/mol. The summed E-state index contributed by atoms with van der Waals surface area (Å²) in [5, 5.41) is 8.53. The first kappa shape index (κ1) is 6.90. The molecule has 1 aromatic rings. The van der Waals surface area contributed by atoms with Gasteiger partial charge in [0.05, 0.1) is 0 Å². The van der Waals surface area contributed by atoms with Gasteiger partial charge in [-0.1, -0.05) is 0 Å². The minimum atomic E-state index is -1.10. The number of carboxylic acid groups (broad SMARTS) is 1. The molecule has 0 aromatic carbocycles. The average molecular weight is 167 g/mol. The number of hydrogen-bond donors (Lipinski definition) is 2. The van der Waals surface area contributed by atoms with Gasteiger partial charge in [0.1, 0.15) is 17.1 Å². The molecule has 0 bridgehead atoms. The molecule has 0 saturated carbocycles. The third-order valence-electron chi connectivity index (χ3n) is 1.65. The van der Waals surface area contributed by atoms with Gasteiger partial charge in [-0.25, -0.2) is 4.79 Å². The highest BCUT2D eigenvalue weighted by molar-refractivity contribution is 6.02. The van der Waals surface area contributed by atoms with E-state index in [-0.39, 0.29) is 23.8 Å². The van der Waals surface area contributed by atoms with E-state index in [4.69, 9.17) is 9.84 Å². The van der Waals surface area contributed by atoms with E-state index in [9.17, 15) is 9.59 Å². The van der Waals surface area contributed by atoms with Crippen molar-refractivity contribution in [3.8, 4) is 5.75 Å². The van der Waals surface area contributed by atoms with Gasteiger partial charge in [-0.3, -0.25) is 4.79 Å². The summed E-state index contributed by atoms with van der Waals surface area (Å²) >= 11 is 0. The number of ether oxygens (including phenoxy) is 1. The highest BCUT2D eigenvalue weighted by Crippen LogP contribution is 2.25. The molecule has 0 aliphatic carbocycles. The fourth-order valence-corrected chi connectivity index (χ4v) is 1.09. The molecular formula is C7H5NO4. The van der Waals surface area contributed by atoms with E-state index in [1.165, 1.54) is 6.07 Å². The maximum Gasteiger partial charge on any atom is 0.352 e. The van der Waals surface area contributed by atoms with Crippen molar-refractivity contribution in [2.75, 3.05) is 6.61 Å². The van der Waals surface area contributed by atoms with Crippen molar-refractivity contribution in [2.45, 2.75) is 0 Å². The van der Waals surface area contributed by atoms with Gasteiger partial charge in [0, 0.05) is 6.07 Å². The maximum atomic E-state index is 11.0. The Morgan fingerprint density at radius 2 is 2.42 bits per heavy atom. The van der Waals surface area contributed by atoms with E-state index >= 15 is 0 Å². The fourth-order valence-electron chi connectivity index (χ4n) is 1.09. The number of H-pyrrole nitrogens is 1. The number of ketones is 1. The molecule has 12 heavy (non-hydrogen) atoms. The van der Waals surface area contributed by atoms with Gasteiger partial charge in [0.15, 0.2) is 6.61 Å². The number of carbonyl (C=O) groups is 2. The Morgan fingerprint density at radius 1 is 1.67 bits per heavy atom. The van der Waals surface area contributed by atoms with Crippen LogP contribution in [0.1, 0.15) is 21.0 Å². The van der Waals surface area contributed by atoms with E-state index in [0.717, 1.165) is 0 Å². The number of aromatic nitrogens is 1. The molecule has 5 nitrogen and oxygen atoms in total. The number of Topliss-reactive ketones (excluding diaryl/α,β-unsaturated/α-hetero) is 1. The minimum Gasteiger partial charge on any atom is -0.483 e. The lowest BCUT2D eigenvalue weighted by Crippen LogP contribution is -2.04. The van der Waals surface area contributed by atoms with E-state index in [1.54, 1.807) is 0 Å². The van der Waals surface area contributed by atoms with Crippen molar-refractivity contribution in [3.63, 3.8) is 0 Å². The number of aromatic amines is 1. The Balaban J connectivity index is 2.49. The fraction of sp³-hybridized carbons (Fsp3) is 0.143. The average Bonchev–Trinajstić information content (AvgIpc) is 2.53. The largest absolute Gasteiger partial charge is 0.483 e. The van der Waals surface area contributed by atoms with Gasteiger partial charge in [-0.15, -0.1) is 0 Å². The highest BCUT2D eigenvalue weighted by atomic mass is 16.5. The molecule has 1 aromatic heterocycles. The molecule has 0 atom stereocenters. The van der Waals surface area contributed by atoms with Crippen LogP contribution in [0.5, 0.6) is 5.75 Å². The number of aromatic carboxylic acids is 1. The van der Waals surface area contributed by atoms with Crippen molar-refractivity contribution in [1.29, 1.82) is 0 Å². The first-order chi connectivity index (χ1) is 5.68. The normalized spacial score (nSPS) is 14.2. The molecule has 1 aliphatic rings. The number of fused-ring (bicyclic) bond motifs is 1. The Bertz CT molecular complexity index is 365. The maximum absolute atomic E-state index is 11.0. The predicted octanol–water partition coefficient (Wildman–Crippen LogP) is 0.288. The van der Waals surface area contributed by atoms with Crippen LogP contribution in [0.4, 0.5) is 0 Å². The van der Waals surface area contributed by atoms with Crippen LogP contribution in [0, 0.1) is 0 Å². The second kappa shape index (κ2) is 2.10. The zero-order chi connectivity index (χ0) is 8.72. The second-order valence-corrected chi connectivity index (χ2v) is 2.44. The standard InChI is InChI=1S/C7H5NO4/c9-4-2-12-5-1-3(7(10)11)8-6(4)5/h1,8H,2H2,(H,10,11). The van der Waals surface area contributed by atoms with Crippen molar-refractivity contribution >= 4 is 11.8 Å². The summed E-state index contributed by atoms with van der Waals surface area (Å²) in [6.45, 7) is 0.00106. The summed E-state index contributed by atoms with van der Waals surface area (Å²) in [6, 6.07) is 1.31. The van der Waals surface area contributed by atoms with Crippen LogP contribution in [0.25, 0.3) is 0 Å². The molecule has 1 aliphatic heterocycles. The van der Waals surface area contributed by atoms with Gasteiger partial charge in [-0.05, 0) is 0 Å². The number of carbonyl (C=O) groups excluding carboxylic acids is 1. The highest BCUT2D eigenvalue weighted by Gasteiger charge is 2.25. The molecule has 0 saturated heterocycles. The second-order valence-electron chi connectivity index (χ2n) is 2.44. The van der Waals surface area contributed by atoms with Crippen LogP contribution < -0.4 is 4.74 Å². The monoisotopic (exact) mass is 167 g/mol. The minimum absolute atomic E-state index is 0.00106. The third-order valence-corrected chi connectivity index (χ3v) is 1.65. The zero-order valence-corrected chi connectivity index (χ0v) is 5.96. The van der Waals surface area contributed by atoms with Crippen molar-refractivity contribution in [2.24, 2.45) is 0 Å². The SMILES string of the molecule is O=C(O)c1cc2c([nH]1)C(=O)CO2. The van der Waals surface area contributed by atoms with Gasteiger partial charge in [0.2, 0.25) is 5.78 Å². The van der Waals surface area contributed by atoms with Crippen LogP contribution in [0.15, 0.2) is 6.07 Å². The van der Waals surface area contributed by atoms with Gasteiger partial charge in [0.25, 0.3) is 0 Å². The smallest absolute Gasteiger partial charge is 0.352 e. The third kappa shape index (κ3) is 0.795. The Hall–Kier alpha value is -1.78. The van der Waals surface area contributed by atoms with Gasteiger partial charge in [-0.2, -0.15) is 0 Å². The van der Waals surface area contributed by atoms with Gasteiger partial charge < -0.3 is 14.8 Å². The Morgan fingerprint density at radius 3 is 3.00 bits per heavy atom. The summed E-state index contributed by atoms with van der Waals surface area (Å²) < 4.78 is 4.90. The summed E-state index contributed by atoms with van der Waals surface area (Å²) in [6.07, 6.45) is 0. The molecule has 2 heterocycles. The lowest BCUT2D eigenvalue weighted by Gasteiger charge is -1.89. The van der Waals surface area contributed by atoms with Gasteiger partial charge >= 0.3 is 5.97 Å². The molecule has 62 valence electrons.